The van der Waals surface area contributed by atoms with Gasteiger partial charge in [-0.05, 0) is 36.8 Å². The normalized spacial score (nSPS) is 11.2. The number of hydrogen-bond acceptors (Lipinski definition) is 5. The number of aryl methyl sites for hydroxylation is 1. The fourth-order valence-electron chi connectivity index (χ4n) is 2.15. The molecule has 0 aliphatic carbocycles. The highest BCUT2D eigenvalue weighted by Gasteiger charge is 2.25. The fraction of sp³-hybridized carbons (Fsp3) is 0.200. The number of sulfonamides is 1. The highest BCUT2D eigenvalue weighted by molar-refractivity contribution is 7.92. The minimum atomic E-state index is -3.93. The summed E-state index contributed by atoms with van der Waals surface area (Å²) in [5.41, 5.74) is 0.429. The minimum Gasteiger partial charge on any atom is -0.496 e. The topological polar surface area (TPSA) is 89.8 Å². The van der Waals surface area contributed by atoms with Crippen LogP contribution in [0, 0.1) is 17.0 Å². The summed E-state index contributed by atoms with van der Waals surface area (Å²) < 4.78 is 31.6. The lowest BCUT2D eigenvalue weighted by molar-refractivity contribution is -0.384. The molecule has 7 nitrogen and oxygen atoms in total. The van der Waals surface area contributed by atoms with Crippen molar-refractivity contribution in [1.29, 1.82) is 0 Å². The second kappa shape index (κ2) is 6.66. The number of nitrogens with zero attached hydrogens (tertiary/aromatic N) is 2. The van der Waals surface area contributed by atoms with E-state index in [0.29, 0.717) is 11.3 Å². The van der Waals surface area contributed by atoms with Crippen LogP contribution in [-0.4, -0.2) is 27.5 Å². The van der Waals surface area contributed by atoms with E-state index in [9.17, 15) is 18.5 Å². The fourth-order valence-corrected chi connectivity index (χ4v) is 3.74. The van der Waals surface area contributed by atoms with Crippen LogP contribution >= 0.6 is 11.6 Å². The van der Waals surface area contributed by atoms with E-state index in [0.717, 1.165) is 10.4 Å². The number of benzene rings is 2. The second-order valence-electron chi connectivity index (χ2n) is 5.00. The van der Waals surface area contributed by atoms with Gasteiger partial charge in [-0.3, -0.25) is 14.4 Å². The summed E-state index contributed by atoms with van der Waals surface area (Å²) in [6.45, 7) is 1.72. The van der Waals surface area contributed by atoms with E-state index in [-0.39, 0.29) is 21.3 Å². The smallest absolute Gasteiger partial charge is 0.271 e. The van der Waals surface area contributed by atoms with E-state index < -0.39 is 14.9 Å². The van der Waals surface area contributed by atoms with Crippen LogP contribution in [0.5, 0.6) is 5.75 Å². The van der Waals surface area contributed by atoms with Crippen molar-refractivity contribution < 1.29 is 18.1 Å². The largest absolute Gasteiger partial charge is 0.496 e. The van der Waals surface area contributed by atoms with Gasteiger partial charge in [-0.2, -0.15) is 0 Å². The first-order valence-corrected chi connectivity index (χ1v) is 8.58. The van der Waals surface area contributed by atoms with Crippen molar-refractivity contribution in [2.45, 2.75) is 11.8 Å². The number of nitro groups is 1. The Morgan fingerprint density at radius 3 is 2.42 bits per heavy atom. The van der Waals surface area contributed by atoms with Crippen LogP contribution in [0.25, 0.3) is 0 Å². The van der Waals surface area contributed by atoms with Crippen molar-refractivity contribution >= 4 is 33.0 Å². The summed E-state index contributed by atoms with van der Waals surface area (Å²) in [7, 11) is -1.15. The highest BCUT2D eigenvalue weighted by atomic mass is 35.5. The molecule has 0 saturated heterocycles. The van der Waals surface area contributed by atoms with Gasteiger partial charge in [-0.1, -0.05) is 11.6 Å². The van der Waals surface area contributed by atoms with Crippen LogP contribution in [0.15, 0.2) is 41.3 Å². The Bertz CT molecular complexity index is 899. The molecule has 0 bridgehead atoms. The molecule has 0 heterocycles. The molecule has 0 spiro atoms. The Hall–Kier alpha value is -2.32. The van der Waals surface area contributed by atoms with E-state index >= 15 is 0 Å². The standard InChI is InChI=1S/C15H15ClN2O5S/c1-10-8-12(5-7-15(10)23-3)24(21,22)17(2)14-9-11(18(19)20)4-6-13(14)16/h4-9H,1-3H3. The number of hydrogen-bond donors (Lipinski definition) is 0. The number of nitro benzene ring substituents is 1. The zero-order chi connectivity index (χ0) is 18.1. The summed E-state index contributed by atoms with van der Waals surface area (Å²) in [5.74, 6) is 0.560. The molecule has 2 aromatic carbocycles. The van der Waals surface area contributed by atoms with Crippen LogP contribution < -0.4 is 9.04 Å². The number of anilines is 1. The first-order valence-electron chi connectivity index (χ1n) is 6.76. The lowest BCUT2D eigenvalue weighted by atomic mass is 10.2. The predicted octanol–water partition coefficient (Wildman–Crippen LogP) is 3.39. The van der Waals surface area contributed by atoms with Crippen LogP contribution in [-0.2, 0) is 10.0 Å². The van der Waals surface area contributed by atoms with E-state index in [4.69, 9.17) is 16.3 Å². The Morgan fingerprint density at radius 2 is 1.88 bits per heavy atom. The van der Waals surface area contributed by atoms with Crippen molar-refractivity contribution in [3.05, 3.63) is 57.1 Å². The third kappa shape index (κ3) is 3.29. The molecule has 0 N–H and O–H groups in total. The number of rotatable bonds is 5. The Labute approximate surface area is 144 Å². The molecule has 0 atom stereocenters. The molecule has 0 amide bonds. The monoisotopic (exact) mass is 370 g/mol. The second-order valence-corrected chi connectivity index (χ2v) is 7.37. The average molecular weight is 371 g/mol. The third-order valence-electron chi connectivity index (χ3n) is 3.50. The quantitative estimate of drug-likeness (QED) is 0.594. The van der Waals surface area contributed by atoms with Crippen LogP contribution in [0.3, 0.4) is 0 Å². The summed E-state index contributed by atoms with van der Waals surface area (Å²) in [6.07, 6.45) is 0. The maximum atomic E-state index is 12.8. The molecule has 128 valence electrons. The molecule has 2 rings (SSSR count). The SMILES string of the molecule is COc1ccc(S(=O)(=O)N(C)c2cc([N+](=O)[O-])ccc2Cl)cc1C. The van der Waals surface area contributed by atoms with E-state index in [1.165, 1.54) is 38.4 Å². The van der Waals surface area contributed by atoms with Crippen molar-refractivity contribution in [3.63, 3.8) is 0 Å². The van der Waals surface area contributed by atoms with Gasteiger partial charge in [-0.25, -0.2) is 8.42 Å². The third-order valence-corrected chi connectivity index (χ3v) is 5.59. The summed E-state index contributed by atoms with van der Waals surface area (Å²) in [5, 5.41) is 11.0. The lowest BCUT2D eigenvalue weighted by Gasteiger charge is -2.21. The van der Waals surface area contributed by atoms with Gasteiger partial charge in [0.05, 0.1) is 27.6 Å². The molecule has 0 fully saturated rings. The van der Waals surface area contributed by atoms with Crippen LogP contribution in [0.2, 0.25) is 5.02 Å². The van der Waals surface area contributed by atoms with Crippen molar-refractivity contribution in [2.75, 3.05) is 18.5 Å². The highest BCUT2D eigenvalue weighted by Crippen LogP contribution is 2.33. The summed E-state index contributed by atoms with van der Waals surface area (Å²) >= 11 is 6.02. The number of halogens is 1. The van der Waals surface area contributed by atoms with Gasteiger partial charge in [0.25, 0.3) is 15.7 Å². The maximum Gasteiger partial charge on any atom is 0.271 e. The Balaban J connectivity index is 2.52. The van der Waals surface area contributed by atoms with Crippen LogP contribution in [0.4, 0.5) is 11.4 Å². The molecule has 0 saturated carbocycles. The van der Waals surface area contributed by atoms with Gasteiger partial charge >= 0.3 is 0 Å². The maximum absolute atomic E-state index is 12.8. The van der Waals surface area contributed by atoms with Gasteiger partial charge in [0.1, 0.15) is 5.75 Å². The zero-order valence-corrected chi connectivity index (χ0v) is 14.8. The predicted molar refractivity (Wildman–Crippen MR) is 91.4 cm³/mol. The molecule has 0 aliphatic rings. The number of methoxy groups -OCH3 is 1. The number of ether oxygens (including phenoxy) is 1. The van der Waals surface area contributed by atoms with Gasteiger partial charge < -0.3 is 4.74 Å². The molecule has 0 radical (unpaired) electrons. The van der Waals surface area contributed by atoms with Gasteiger partial charge in [0.15, 0.2) is 0 Å². The first kappa shape index (κ1) is 18.0. The van der Waals surface area contributed by atoms with E-state index in [2.05, 4.69) is 0 Å². The zero-order valence-electron chi connectivity index (χ0n) is 13.2. The first-order chi connectivity index (χ1) is 11.2. The molecule has 9 heteroatoms. The Kier molecular flexibility index (Phi) is 5.00. The van der Waals surface area contributed by atoms with Crippen molar-refractivity contribution in [1.82, 2.24) is 0 Å². The summed E-state index contributed by atoms with van der Waals surface area (Å²) in [4.78, 5) is 10.3. The summed E-state index contributed by atoms with van der Waals surface area (Å²) in [6, 6.07) is 8.05. The molecule has 0 aromatic heterocycles. The van der Waals surface area contributed by atoms with Gasteiger partial charge in [0.2, 0.25) is 0 Å². The molecule has 0 unspecified atom stereocenters. The van der Waals surface area contributed by atoms with Crippen molar-refractivity contribution in [3.8, 4) is 5.75 Å². The van der Waals surface area contributed by atoms with E-state index in [1.54, 1.807) is 13.0 Å². The molecular weight excluding hydrogens is 356 g/mol. The van der Waals surface area contributed by atoms with Gasteiger partial charge in [0, 0.05) is 19.2 Å². The molecular formula is C15H15ClN2O5S. The molecule has 24 heavy (non-hydrogen) atoms. The van der Waals surface area contributed by atoms with Crippen LogP contribution in [0.1, 0.15) is 5.56 Å². The number of non-ortho nitro benzene ring substituents is 1. The average Bonchev–Trinajstić information content (AvgIpc) is 2.54. The minimum absolute atomic E-state index is 0.0272. The molecule has 2 aromatic rings. The lowest BCUT2D eigenvalue weighted by Crippen LogP contribution is -2.27. The Morgan fingerprint density at radius 1 is 1.21 bits per heavy atom. The van der Waals surface area contributed by atoms with Crippen molar-refractivity contribution in [2.24, 2.45) is 0 Å². The van der Waals surface area contributed by atoms with E-state index in [1.807, 2.05) is 0 Å². The molecule has 0 aliphatic heterocycles. The van der Waals surface area contributed by atoms with Gasteiger partial charge in [-0.15, -0.1) is 0 Å².